The molecule has 28 heavy (non-hydrogen) atoms. The molecule has 3 fully saturated rings. The van der Waals surface area contributed by atoms with Gasteiger partial charge < -0.3 is 0 Å². The fourth-order valence-corrected chi connectivity index (χ4v) is 6.86. The van der Waals surface area contributed by atoms with Gasteiger partial charge in [0.2, 0.25) is 0 Å². The zero-order valence-corrected chi connectivity index (χ0v) is 20.3. The summed E-state index contributed by atoms with van der Waals surface area (Å²) in [6.07, 6.45) is 19.7. The Labute approximate surface area is 178 Å². The Hall–Kier alpha value is 0. The van der Waals surface area contributed by atoms with E-state index in [1.165, 1.54) is 51.4 Å². The second kappa shape index (κ2) is 9.87. The highest BCUT2D eigenvalue weighted by atomic mass is 14.6. The molecular formula is C28H52. The van der Waals surface area contributed by atoms with Crippen LogP contribution in [0.3, 0.4) is 0 Å². The topological polar surface area (TPSA) is 0 Å². The largest absolute Gasteiger partial charge is 0.0654 e. The zero-order valence-electron chi connectivity index (χ0n) is 20.3. The van der Waals surface area contributed by atoms with Gasteiger partial charge in [-0.3, -0.25) is 0 Å². The standard InChI is InChI=1S/C28H52/c1-7-8-9-10-11-22(5)27-15-14-25(27)18-28(17-24-13-12-21(24)4)19-26(28)16-23(6)20(2)3/h20-27H,7-19H2,1-6H3. The van der Waals surface area contributed by atoms with Crippen molar-refractivity contribution < 1.29 is 0 Å². The molecule has 0 spiro atoms. The quantitative estimate of drug-likeness (QED) is 0.276. The third kappa shape index (κ3) is 5.37. The smallest absolute Gasteiger partial charge is 0.0261 e. The molecule has 8 unspecified atom stereocenters. The first-order valence-electron chi connectivity index (χ1n) is 13.4. The highest BCUT2D eigenvalue weighted by Gasteiger charge is 2.57. The second-order valence-electron chi connectivity index (χ2n) is 12.3. The van der Waals surface area contributed by atoms with Crippen LogP contribution in [0.4, 0.5) is 0 Å². The fraction of sp³-hybridized carbons (Fsp3) is 1.00. The van der Waals surface area contributed by atoms with Crippen LogP contribution < -0.4 is 0 Å². The first kappa shape index (κ1) is 22.7. The van der Waals surface area contributed by atoms with Crippen LogP contribution in [-0.4, -0.2) is 0 Å². The van der Waals surface area contributed by atoms with Crippen molar-refractivity contribution in [2.75, 3.05) is 0 Å². The van der Waals surface area contributed by atoms with Gasteiger partial charge in [-0.25, -0.2) is 0 Å². The van der Waals surface area contributed by atoms with Crippen molar-refractivity contribution >= 4 is 0 Å². The summed E-state index contributed by atoms with van der Waals surface area (Å²) in [5.41, 5.74) is 0.772. The van der Waals surface area contributed by atoms with Crippen LogP contribution in [0.2, 0.25) is 0 Å². The van der Waals surface area contributed by atoms with Gasteiger partial charge in [0.1, 0.15) is 0 Å². The fourth-order valence-electron chi connectivity index (χ4n) is 6.86. The van der Waals surface area contributed by atoms with Gasteiger partial charge in [-0.2, -0.15) is 0 Å². The Morgan fingerprint density at radius 3 is 2.11 bits per heavy atom. The molecule has 0 aromatic carbocycles. The third-order valence-electron chi connectivity index (χ3n) is 10.0. The van der Waals surface area contributed by atoms with Crippen LogP contribution >= 0.6 is 0 Å². The van der Waals surface area contributed by atoms with Gasteiger partial charge in [-0.1, -0.05) is 80.1 Å². The molecule has 0 heterocycles. The van der Waals surface area contributed by atoms with Crippen molar-refractivity contribution in [1.29, 1.82) is 0 Å². The van der Waals surface area contributed by atoms with E-state index in [0.717, 1.165) is 52.8 Å². The van der Waals surface area contributed by atoms with Crippen molar-refractivity contribution in [1.82, 2.24) is 0 Å². The Bertz CT molecular complexity index is 465. The summed E-state index contributed by atoms with van der Waals surface area (Å²) in [5, 5.41) is 0. The Morgan fingerprint density at radius 2 is 1.57 bits per heavy atom. The number of hydrogen-bond donors (Lipinski definition) is 0. The molecule has 0 bridgehead atoms. The van der Waals surface area contributed by atoms with Crippen molar-refractivity contribution in [3.63, 3.8) is 0 Å². The van der Waals surface area contributed by atoms with Crippen LogP contribution in [0.5, 0.6) is 0 Å². The summed E-state index contributed by atoms with van der Waals surface area (Å²) in [7, 11) is 0. The Balaban J connectivity index is 1.53. The predicted molar refractivity (Wildman–Crippen MR) is 124 cm³/mol. The van der Waals surface area contributed by atoms with E-state index in [0.29, 0.717) is 0 Å². The van der Waals surface area contributed by atoms with Crippen molar-refractivity contribution in [2.45, 2.75) is 125 Å². The Kier molecular flexibility index (Phi) is 8.00. The van der Waals surface area contributed by atoms with Gasteiger partial charge in [0, 0.05) is 0 Å². The monoisotopic (exact) mass is 388 g/mol. The van der Waals surface area contributed by atoms with Gasteiger partial charge in [0.15, 0.2) is 0 Å². The molecule has 0 heteroatoms. The predicted octanol–water partition coefficient (Wildman–Crippen LogP) is 9.13. The van der Waals surface area contributed by atoms with Gasteiger partial charge in [0.25, 0.3) is 0 Å². The summed E-state index contributed by atoms with van der Waals surface area (Å²) in [6, 6.07) is 0. The van der Waals surface area contributed by atoms with E-state index in [2.05, 4.69) is 41.5 Å². The van der Waals surface area contributed by atoms with E-state index in [1.807, 2.05) is 0 Å². The molecule has 0 aromatic heterocycles. The molecule has 3 rings (SSSR count). The minimum Gasteiger partial charge on any atom is -0.0654 e. The van der Waals surface area contributed by atoms with Crippen molar-refractivity contribution in [3.05, 3.63) is 0 Å². The highest BCUT2D eigenvalue weighted by Crippen LogP contribution is 2.67. The first-order chi connectivity index (χ1) is 13.4. The van der Waals surface area contributed by atoms with E-state index in [4.69, 9.17) is 0 Å². The van der Waals surface area contributed by atoms with Crippen LogP contribution in [0.1, 0.15) is 125 Å². The maximum absolute atomic E-state index is 2.59. The summed E-state index contributed by atoms with van der Waals surface area (Å²) in [4.78, 5) is 0. The normalized spacial score (nSPS) is 39.3. The van der Waals surface area contributed by atoms with Crippen LogP contribution in [-0.2, 0) is 0 Å². The molecule has 0 amide bonds. The lowest BCUT2D eigenvalue weighted by molar-refractivity contribution is 0.0537. The molecule has 0 nitrogen and oxygen atoms in total. The molecular weight excluding hydrogens is 336 g/mol. The molecule has 3 aliphatic carbocycles. The first-order valence-corrected chi connectivity index (χ1v) is 13.4. The molecule has 3 saturated carbocycles. The van der Waals surface area contributed by atoms with E-state index in [-0.39, 0.29) is 0 Å². The van der Waals surface area contributed by atoms with Gasteiger partial charge in [-0.15, -0.1) is 0 Å². The summed E-state index contributed by atoms with van der Waals surface area (Å²) >= 11 is 0. The summed E-state index contributed by atoms with van der Waals surface area (Å²) < 4.78 is 0. The summed E-state index contributed by atoms with van der Waals surface area (Å²) in [6.45, 7) is 14.8. The molecule has 0 aliphatic heterocycles. The second-order valence-corrected chi connectivity index (χ2v) is 12.3. The van der Waals surface area contributed by atoms with Gasteiger partial charge in [-0.05, 0) is 97.7 Å². The minimum absolute atomic E-state index is 0.772. The van der Waals surface area contributed by atoms with E-state index in [9.17, 15) is 0 Å². The average molecular weight is 389 g/mol. The average Bonchev–Trinajstić information content (AvgIpc) is 3.31. The number of unbranched alkanes of at least 4 members (excludes halogenated alkanes) is 3. The van der Waals surface area contributed by atoms with E-state index < -0.39 is 0 Å². The Morgan fingerprint density at radius 1 is 0.857 bits per heavy atom. The molecule has 164 valence electrons. The SMILES string of the molecule is CCCCCCC(C)C1CCC1CC1(CC2CCC2C)CC1CC(C)C(C)C. The van der Waals surface area contributed by atoms with Crippen LogP contribution in [0.15, 0.2) is 0 Å². The zero-order chi connectivity index (χ0) is 20.3. The van der Waals surface area contributed by atoms with Crippen LogP contribution in [0.25, 0.3) is 0 Å². The number of hydrogen-bond acceptors (Lipinski definition) is 0. The molecule has 3 aliphatic rings. The molecule has 0 radical (unpaired) electrons. The molecule has 8 atom stereocenters. The number of rotatable bonds is 13. The van der Waals surface area contributed by atoms with Gasteiger partial charge in [0.05, 0.1) is 0 Å². The molecule has 0 aromatic rings. The van der Waals surface area contributed by atoms with Crippen molar-refractivity contribution in [2.24, 2.45) is 52.8 Å². The highest BCUT2D eigenvalue weighted by molar-refractivity contribution is 5.07. The maximum Gasteiger partial charge on any atom is -0.0261 e. The summed E-state index contributed by atoms with van der Waals surface area (Å²) in [5.74, 6) is 8.08. The van der Waals surface area contributed by atoms with Crippen molar-refractivity contribution in [3.8, 4) is 0 Å². The third-order valence-corrected chi connectivity index (χ3v) is 10.0. The lowest BCUT2D eigenvalue weighted by Crippen LogP contribution is -2.35. The molecule has 0 N–H and O–H groups in total. The van der Waals surface area contributed by atoms with Crippen LogP contribution in [0, 0.1) is 52.8 Å². The molecule has 0 saturated heterocycles. The van der Waals surface area contributed by atoms with E-state index in [1.54, 1.807) is 32.1 Å². The lowest BCUT2D eigenvalue weighted by Gasteiger charge is -2.45. The van der Waals surface area contributed by atoms with E-state index >= 15 is 0 Å². The van der Waals surface area contributed by atoms with Gasteiger partial charge >= 0.3 is 0 Å². The minimum atomic E-state index is 0.772. The lowest BCUT2D eigenvalue weighted by atomic mass is 9.60. The maximum atomic E-state index is 2.59.